The van der Waals surface area contributed by atoms with Gasteiger partial charge < -0.3 is 9.64 Å². The monoisotopic (exact) mass is 281 g/mol. The summed E-state index contributed by atoms with van der Waals surface area (Å²) >= 11 is 3.69. The van der Waals surface area contributed by atoms with Crippen LogP contribution in [-0.2, 0) is 4.74 Å². The van der Waals surface area contributed by atoms with Crippen LogP contribution in [0.25, 0.3) is 10.2 Å². The number of rotatable bonds is 4. The molecule has 2 heterocycles. The molecular weight excluding hydrogens is 264 g/mol. The first-order valence-electron chi connectivity index (χ1n) is 6.31. The van der Waals surface area contributed by atoms with Crippen molar-refractivity contribution in [1.29, 1.82) is 0 Å². The smallest absolute Gasteiger partial charge is 0.151 e. The van der Waals surface area contributed by atoms with Gasteiger partial charge in [-0.3, -0.25) is 0 Å². The molecule has 1 N–H and O–H groups in total. The third-order valence-corrected chi connectivity index (χ3v) is 5.34. The van der Waals surface area contributed by atoms with E-state index in [-0.39, 0.29) is 0 Å². The van der Waals surface area contributed by atoms with Gasteiger partial charge in [0.1, 0.15) is 13.1 Å². The van der Waals surface area contributed by atoms with Crippen LogP contribution in [0.15, 0.2) is 28.6 Å². The van der Waals surface area contributed by atoms with Crippen molar-refractivity contribution in [2.45, 2.75) is 4.34 Å². The van der Waals surface area contributed by atoms with E-state index in [0.29, 0.717) is 0 Å². The van der Waals surface area contributed by atoms with Crippen LogP contribution in [0.4, 0.5) is 0 Å². The van der Waals surface area contributed by atoms with Gasteiger partial charge in [-0.1, -0.05) is 23.9 Å². The van der Waals surface area contributed by atoms with Crippen LogP contribution in [0.3, 0.4) is 0 Å². The minimum Gasteiger partial charge on any atom is -0.370 e. The molecule has 1 aliphatic rings. The zero-order valence-corrected chi connectivity index (χ0v) is 11.9. The molecular formula is C13H17N2OS2+. The summed E-state index contributed by atoms with van der Waals surface area (Å²) in [6.45, 7) is 5.35. The molecule has 5 heteroatoms. The van der Waals surface area contributed by atoms with Gasteiger partial charge in [0.15, 0.2) is 4.34 Å². The number of nitrogens with one attached hydrogen (secondary N) is 1. The maximum Gasteiger partial charge on any atom is 0.151 e. The Morgan fingerprint density at radius 3 is 2.94 bits per heavy atom. The maximum absolute atomic E-state index is 5.37. The van der Waals surface area contributed by atoms with Crippen molar-refractivity contribution < 1.29 is 9.64 Å². The summed E-state index contributed by atoms with van der Waals surface area (Å²) in [6, 6.07) is 8.36. The molecule has 0 aliphatic carbocycles. The van der Waals surface area contributed by atoms with E-state index in [4.69, 9.17) is 4.74 Å². The number of quaternary nitrogens is 1. The first-order chi connectivity index (χ1) is 8.92. The first kappa shape index (κ1) is 12.4. The Morgan fingerprint density at radius 2 is 2.11 bits per heavy atom. The Balaban J connectivity index is 1.53. The number of nitrogens with zero attached hydrogens (tertiary/aromatic N) is 1. The van der Waals surface area contributed by atoms with Gasteiger partial charge in [0.05, 0.1) is 30.0 Å². The van der Waals surface area contributed by atoms with Crippen LogP contribution in [0.2, 0.25) is 0 Å². The highest BCUT2D eigenvalue weighted by molar-refractivity contribution is 8.01. The Bertz CT molecular complexity index is 475. The van der Waals surface area contributed by atoms with Gasteiger partial charge in [-0.2, -0.15) is 0 Å². The predicted octanol–water partition coefficient (Wildman–Crippen LogP) is 1.30. The average molecular weight is 281 g/mol. The van der Waals surface area contributed by atoms with Crippen LogP contribution in [-0.4, -0.2) is 43.6 Å². The lowest BCUT2D eigenvalue weighted by atomic mass is 10.3. The Labute approximate surface area is 115 Å². The predicted molar refractivity (Wildman–Crippen MR) is 76.7 cm³/mol. The standard InChI is InChI=1S/C13H16N2OS2/c1-2-4-12-11(3-1)14-13(18-12)17-10-7-15-5-8-16-9-6-15/h1-4H,5-10H2/p+1. The fourth-order valence-electron chi connectivity index (χ4n) is 2.11. The number of thiazole rings is 1. The van der Waals surface area contributed by atoms with Crippen LogP contribution < -0.4 is 4.90 Å². The number of aromatic nitrogens is 1. The lowest BCUT2D eigenvalue weighted by molar-refractivity contribution is -0.905. The van der Waals surface area contributed by atoms with Crippen LogP contribution >= 0.6 is 23.1 Å². The molecule has 3 rings (SSSR count). The van der Waals surface area contributed by atoms with Gasteiger partial charge in [0.2, 0.25) is 0 Å². The molecule has 1 saturated heterocycles. The summed E-state index contributed by atoms with van der Waals surface area (Å²) in [4.78, 5) is 6.30. The zero-order chi connectivity index (χ0) is 12.2. The first-order valence-corrected chi connectivity index (χ1v) is 8.12. The summed E-state index contributed by atoms with van der Waals surface area (Å²) in [6.07, 6.45) is 0. The second kappa shape index (κ2) is 6.02. The van der Waals surface area contributed by atoms with Gasteiger partial charge in [0.25, 0.3) is 0 Å². The van der Waals surface area contributed by atoms with Gasteiger partial charge >= 0.3 is 0 Å². The molecule has 0 amide bonds. The van der Waals surface area contributed by atoms with Crippen molar-refractivity contribution in [3.8, 4) is 0 Å². The largest absolute Gasteiger partial charge is 0.370 e. The quantitative estimate of drug-likeness (QED) is 0.856. The molecule has 0 bridgehead atoms. The molecule has 96 valence electrons. The molecule has 1 aliphatic heterocycles. The third-order valence-electron chi connectivity index (χ3n) is 3.16. The number of hydrogen-bond acceptors (Lipinski definition) is 4. The van der Waals surface area contributed by atoms with E-state index in [0.717, 1.165) is 37.6 Å². The molecule has 0 spiro atoms. The number of hydrogen-bond donors (Lipinski definition) is 1. The molecule has 0 saturated carbocycles. The highest BCUT2D eigenvalue weighted by Crippen LogP contribution is 2.28. The number of ether oxygens (including phenoxy) is 1. The van der Waals surface area contributed by atoms with E-state index in [2.05, 4.69) is 23.2 Å². The molecule has 1 aromatic heterocycles. The highest BCUT2D eigenvalue weighted by Gasteiger charge is 2.13. The Morgan fingerprint density at radius 1 is 1.28 bits per heavy atom. The molecule has 0 atom stereocenters. The summed E-state index contributed by atoms with van der Waals surface area (Å²) in [5.41, 5.74) is 1.13. The third kappa shape index (κ3) is 3.03. The summed E-state index contributed by atoms with van der Waals surface area (Å²) < 4.78 is 7.85. The minimum atomic E-state index is 0.918. The van der Waals surface area contributed by atoms with E-state index in [9.17, 15) is 0 Å². The van der Waals surface area contributed by atoms with Gasteiger partial charge in [-0.05, 0) is 12.1 Å². The maximum atomic E-state index is 5.37. The second-order valence-corrected chi connectivity index (χ2v) is 6.78. The van der Waals surface area contributed by atoms with Crippen molar-refractivity contribution in [3.05, 3.63) is 24.3 Å². The molecule has 3 nitrogen and oxygen atoms in total. The van der Waals surface area contributed by atoms with Crippen molar-refractivity contribution in [1.82, 2.24) is 4.98 Å². The SMILES string of the molecule is c1ccc2sc(SCC[NH+]3CCOCC3)nc2c1. The number of thioether (sulfide) groups is 1. The van der Waals surface area contributed by atoms with Gasteiger partial charge in [0, 0.05) is 5.75 Å². The van der Waals surface area contributed by atoms with Crippen LogP contribution in [0.1, 0.15) is 0 Å². The lowest BCUT2D eigenvalue weighted by Crippen LogP contribution is -3.14. The molecule has 0 radical (unpaired) electrons. The lowest BCUT2D eigenvalue weighted by Gasteiger charge is -2.23. The van der Waals surface area contributed by atoms with E-state index >= 15 is 0 Å². The summed E-state index contributed by atoms with van der Waals surface area (Å²) in [7, 11) is 0. The fraction of sp³-hybridized carbons (Fsp3) is 0.462. The Hall–Kier alpha value is -0.620. The summed E-state index contributed by atoms with van der Waals surface area (Å²) in [5.74, 6) is 1.15. The number of fused-ring (bicyclic) bond motifs is 1. The number of para-hydroxylation sites is 1. The van der Waals surface area contributed by atoms with Crippen molar-refractivity contribution >= 4 is 33.3 Å². The molecule has 1 fully saturated rings. The topological polar surface area (TPSA) is 26.6 Å². The van der Waals surface area contributed by atoms with Crippen LogP contribution in [0, 0.1) is 0 Å². The van der Waals surface area contributed by atoms with Crippen molar-refractivity contribution in [3.63, 3.8) is 0 Å². The zero-order valence-electron chi connectivity index (χ0n) is 10.2. The van der Waals surface area contributed by atoms with E-state index in [1.807, 2.05) is 17.8 Å². The molecule has 18 heavy (non-hydrogen) atoms. The fourth-order valence-corrected chi connectivity index (χ4v) is 4.29. The van der Waals surface area contributed by atoms with Gasteiger partial charge in [-0.25, -0.2) is 4.98 Å². The second-order valence-electron chi connectivity index (χ2n) is 4.41. The number of benzene rings is 1. The van der Waals surface area contributed by atoms with Crippen LogP contribution in [0.5, 0.6) is 0 Å². The minimum absolute atomic E-state index is 0.918. The highest BCUT2D eigenvalue weighted by atomic mass is 32.2. The molecule has 0 unspecified atom stereocenters. The molecule has 1 aromatic carbocycles. The molecule has 2 aromatic rings. The average Bonchev–Trinajstić information content (AvgIpc) is 2.82. The van der Waals surface area contributed by atoms with Crippen molar-refractivity contribution in [2.24, 2.45) is 0 Å². The Kier molecular flexibility index (Phi) is 4.15. The summed E-state index contributed by atoms with van der Waals surface area (Å²) in [5, 5.41) is 0. The van der Waals surface area contributed by atoms with E-state index in [1.54, 1.807) is 16.2 Å². The van der Waals surface area contributed by atoms with Gasteiger partial charge in [-0.15, -0.1) is 11.3 Å². The van der Waals surface area contributed by atoms with Crippen molar-refractivity contribution in [2.75, 3.05) is 38.6 Å². The van der Waals surface area contributed by atoms with E-state index in [1.165, 1.54) is 15.6 Å². The normalized spacial score (nSPS) is 17.3. The number of morpholine rings is 1. The van der Waals surface area contributed by atoms with E-state index < -0.39 is 0 Å².